The summed E-state index contributed by atoms with van der Waals surface area (Å²) in [7, 11) is 0. The Bertz CT molecular complexity index is 272. The molecular formula is C12H20ClNS. The third-order valence-electron chi connectivity index (χ3n) is 2.43. The molecule has 1 aromatic rings. The van der Waals surface area contributed by atoms with Crippen molar-refractivity contribution in [2.75, 3.05) is 13.1 Å². The molecule has 0 aliphatic heterocycles. The minimum atomic E-state index is 0.748. The van der Waals surface area contributed by atoms with Gasteiger partial charge in [0.2, 0.25) is 0 Å². The first kappa shape index (κ1) is 13.0. The second kappa shape index (κ2) is 7.26. The van der Waals surface area contributed by atoms with Crippen molar-refractivity contribution in [3.05, 3.63) is 21.3 Å². The number of hydrogen-bond acceptors (Lipinski definition) is 2. The number of halogens is 1. The first-order valence-electron chi connectivity index (χ1n) is 5.67. The Morgan fingerprint density at radius 1 is 1.47 bits per heavy atom. The third-order valence-corrected chi connectivity index (χ3v) is 3.72. The van der Waals surface area contributed by atoms with E-state index in [0.29, 0.717) is 0 Å². The molecule has 86 valence electrons. The predicted molar refractivity (Wildman–Crippen MR) is 70.0 cm³/mol. The molecule has 1 nitrogen and oxygen atoms in total. The molecule has 15 heavy (non-hydrogen) atoms. The van der Waals surface area contributed by atoms with Gasteiger partial charge in [-0.25, -0.2) is 0 Å². The van der Waals surface area contributed by atoms with Crippen molar-refractivity contribution in [3.8, 4) is 0 Å². The molecular weight excluding hydrogens is 226 g/mol. The Labute approximate surface area is 102 Å². The monoisotopic (exact) mass is 245 g/mol. The summed E-state index contributed by atoms with van der Waals surface area (Å²) in [5.41, 5.74) is 0. The molecule has 0 aromatic carbocycles. The van der Waals surface area contributed by atoms with Crippen LogP contribution >= 0.6 is 22.9 Å². The molecule has 0 saturated heterocycles. The summed E-state index contributed by atoms with van der Waals surface area (Å²) in [5.74, 6) is 0.748. The minimum absolute atomic E-state index is 0.748. The highest BCUT2D eigenvalue weighted by Gasteiger charge is 2.03. The molecule has 0 spiro atoms. The van der Waals surface area contributed by atoms with Crippen LogP contribution in [0.15, 0.2) is 12.1 Å². The van der Waals surface area contributed by atoms with Gasteiger partial charge in [-0.15, -0.1) is 11.3 Å². The van der Waals surface area contributed by atoms with Crippen molar-refractivity contribution in [2.45, 2.75) is 33.1 Å². The first-order valence-corrected chi connectivity index (χ1v) is 6.86. The van der Waals surface area contributed by atoms with Crippen LogP contribution in [0, 0.1) is 5.92 Å². The molecule has 0 bridgehead atoms. The van der Waals surface area contributed by atoms with Crippen molar-refractivity contribution < 1.29 is 0 Å². The molecule has 1 rings (SSSR count). The second-order valence-corrected chi connectivity index (χ2v) is 5.85. The maximum Gasteiger partial charge on any atom is 0.0931 e. The lowest BCUT2D eigenvalue weighted by atomic mass is 10.1. The van der Waals surface area contributed by atoms with Gasteiger partial charge in [-0.1, -0.05) is 25.4 Å². The SMILES string of the molecule is CCCNCC(C)CCc1ccc(Cl)s1. The van der Waals surface area contributed by atoms with Crippen LogP contribution in [0.2, 0.25) is 4.34 Å². The zero-order chi connectivity index (χ0) is 11.1. The summed E-state index contributed by atoms with van der Waals surface area (Å²) in [6, 6.07) is 4.13. The summed E-state index contributed by atoms with van der Waals surface area (Å²) in [5, 5.41) is 3.45. The molecule has 0 radical (unpaired) electrons. The Balaban J connectivity index is 2.13. The zero-order valence-electron chi connectivity index (χ0n) is 9.55. The van der Waals surface area contributed by atoms with E-state index in [1.807, 2.05) is 6.07 Å². The van der Waals surface area contributed by atoms with Crippen molar-refractivity contribution in [1.82, 2.24) is 5.32 Å². The average Bonchev–Trinajstić information content (AvgIpc) is 2.62. The van der Waals surface area contributed by atoms with E-state index in [4.69, 9.17) is 11.6 Å². The second-order valence-electron chi connectivity index (χ2n) is 4.05. The molecule has 1 N–H and O–H groups in total. The molecule has 3 heteroatoms. The van der Waals surface area contributed by atoms with Crippen LogP contribution in [0.5, 0.6) is 0 Å². The highest BCUT2D eigenvalue weighted by atomic mass is 35.5. The molecule has 0 amide bonds. The molecule has 1 heterocycles. The topological polar surface area (TPSA) is 12.0 Å². The van der Waals surface area contributed by atoms with E-state index in [9.17, 15) is 0 Å². The predicted octanol–water partition coefficient (Wildman–Crippen LogP) is 3.97. The fourth-order valence-electron chi connectivity index (χ4n) is 1.50. The lowest BCUT2D eigenvalue weighted by Crippen LogP contribution is -2.22. The number of thiophene rings is 1. The normalized spacial score (nSPS) is 13.0. The summed E-state index contributed by atoms with van der Waals surface area (Å²) in [4.78, 5) is 1.40. The lowest BCUT2D eigenvalue weighted by Gasteiger charge is -2.11. The van der Waals surface area contributed by atoms with Crippen LogP contribution in [0.25, 0.3) is 0 Å². The van der Waals surface area contributed by atoms with Crippen LogP contribution < -0.4 is 5.32 Å². The Morgan fingerprint density at radius 2 is 2.27 bits per heavy atom. The number of rotatable bonds is 7. The van der Waals surface area contributed by atoms with Crippen LogP contribution in [0.4, 0.5) is 0 Å². The largest absolute Gasteiger partial charge is 0.316 e. The number of aryl methyl sites for hydroxylation is 1. The average molecular weight is 246 g/mol. The molecule has 1 aromatic heterocycles. The maximum absolute atomic E-state index is 5.88. The summed E-state index contributed by atoms with van der Waals surface area (Å²) in [6.45, 7) is 6.77. The lowest BCUT2D eigenvalue weighted by molar-refractivity contribution is 0.483. The van der Waals surface area contributed by atoms with Crippen LogP contribution in [-0.2, 0) is 6.42 Å². The van der Waals surface area contributed by atoms with Crippen LogP contribution in [-0.4, -0.2) is 13.1 Å². The standard InChI is InChI=1S/C12H20ClNS/c1-3-8-14-9-10(2)4-5-11-6-7-12(13)15-11/h6-7,10,14H,3-5,8-9H2,1-2H3. The van der Waals surface area contributed by atoms with Gasteiger partial charge in [0, 0.05) is 4.88 Å². The van der Waals surface area contributed by atoms with Gasteiger partial charge < -0.3 is 5.32 Å². The molecule has 0 saturated carbocycles. The van der Waals surface area contributed by atoms with Gasteiger partial charge in [0.1, 0.15) is 0 Å². The van der Waals surface area contributed by atoms with Gasteiger partial charge in [-0.05, 0) is 50.4 Å². The Kier molecular flexibility index (Phi) is 6.30. The minimum Gasteiger partial charge on any atom is -0.316 e. The van der Waals surface area contributed by atoms with Crippen LogP contribution in [0.3, 0.4) is 0 Å². The van der Waals surface area contributed by atoms with E-state index >= 15 is 0 Å². The molecule has 0 aliphatic carbocycles. The molecule has 0 aliphatic rings. The van der Waals surface area contributed by atoms with E-state index in [0.717, 1.165) is 29.8 Å². The van der Waals surface area contributed by atoms with Crippen molar-refractivity contribution >= 4 is 22.9 Å². The number of hydrogen-bond donors (Lipinski definition) is 1. The van der Waals surface area contributed by atoms with Gasteiger partial charge in [-0.3, -0.25) is 0 Å². The maximum atomic E-state index is 5.88. The van der Waals surface area contributed by atoms with Crippen LogP contribution in [0.1, 0.15) is 31.6 Å². The van der Waals surface area contributed by atoms with Crippen molar-refractivity contribution in [3.63, 3.8) is 0 Å². The van der Waals surface area contributed by atoms with Crippen molar-refractivity contribution in [2.24, 2.45) is 5.92 Å². The fourth-order valence-corrected chi connectivity index (χ4v) is 2.60. The van der Waals surface area contributed by atoms with Gasteiger partial charge in [-0.2, -0.15) is 0 Å². The fraction of sp³-hybridized carbons (Fsp3) is 0.667. The van der Waals surface area contributed by atoms with E-state index in [-0.39, 0.29) is 0 Å². The van der Waals surface area contributed by atoms with E-state index < -0.39 is 0 Å². The molecule has 1 atom stereocenters. The number of nitrogens with one attached hydrogen (secondary N) is 1. The van der Waals surface area contributed by atoms with E-state index in [2.05, 4.69) is 25.2 Å². The summed E-state index contributed by atoms with van der Waals surface area (Å²) < 4.78 is 0.904. The van der Waals surface area contributed by atoms with Gasteiger partial charge >= 0.3 is 0 Å². The zero-order valence-corrected chi connectivity index (χ0v) is 11.1. The highest BCUT2D eigenvalue weighted by molar-refractivity contribution is 7.16. The van der Waals surface area contributed by atoms with Gasteiger partial charge in [0.05, 0.1) is 4.34 Å². The highest BCUT2D eigenvalue weighted by Crippen LogP contribution is 2.23. The smallest absolute Gasteiger partial charge is 0.0931 e. The quantitative estimate of drug-likeness (QED) is 0.717. The Hall–Kier alpha value is -0.0500. The third kappa shape index (κ3) is 5.55. The van der Waals surface area contributed by atoms with Crippen molar-refractivity contribution in [1.29, 1.82) is 0 Å². The first-order chi connectivity index (χ1) is 7.22. The van der Waals surface area contributed by atoms with Gasteiger partial charge in [0.15, 0.2) is 0 Å². The summed E-state index contributed by atoms with van der Waals surface area (Å²) in [6.07, 6.45) is 3.62. The van der Waals surface area contributed by atoms with E-state index in [1.165, 1.54) is 17.7 Å². The van der Waals surface area contributed by atoms with E-state index in [1.54, 1.807) is 11.3 Å². The van der Waals surface area contributed by atoms with Gasteiger partial charge in [0.25, 0.3) is 0 Å². The Morgan fingerprint density at radius 3 is 2.87 bits per heavy atom. The molecule has 0 fully saturated rings. The molecule has 1 unspecified atom stereocenters. The summed E-state index contributed by atoms with van der Waals surface area (Å²) >= 11 is 7.59.